The minimum atomic E-state index is 0.422. The van der Waals surface area contributed by atoms with Gasteiger partial charge in [-0.2, -0.15) is 0 Å². The van der Waals surface area contributed by atoms with Crippen LogP contribution < -0.4 is 0 Å². The highest BCUT2D eigenvalue weighted by atomic mass is 16.3. The average Bonchev–Trinajstić information content (AvgIpc) is 3.87. The van der Waals surface area contributed by atoms with E-state index in [2.05, 4.69) is 38.1 Å². The van der Waals surface area contributed by atoms with Crippen LogP contribution in [0.5, 0.6) is 17.2 Å². The molecule has 6 saturated carbocycles. The summed E-state index contributed by atoms with van der Waals surface area (Å²) in [5.74, 6) is 10.7. The number of fused-ring (bicyclic) bond motifs is 10. The molecule has 0 aliphatic heterocycles. The van der Waals surface area contributed by atoms with Crippen molar-refractivity contribution in [3.05, 3.63) is 86.5 Å². The van der Waals surface area contributed by atoms with E-state index in [1.807, 2.05) is 46.8 Å². The van der Waals surface area contributed by atoms with Crippen molar-refractivity contribution < 1.29 is 15.3 Å². The van der Waals surface area contributed by atoms with Crippen LogP contribution in [0.15, 0.2) is 36.4 Å². The highest BCUT2D eigenvalue weighted by molar-refractivity contribution is 5.46. The zero-order chi connectivity index (χ0) is 34.0. The minimum Gasteiger partial charge on any atom is -0.508 e. The number of rotatable bonds is 2. The van der Waals surface area contributed by atoms with Crippen LogP contribution in [0.4, 0.5) is 0 Å². The second-order valence-electron chi connectivity index (χ2n) is 17.3. The maximum atomic E-state index is 10.5. The fourth-order valence-electron chi connectivity index (χ4n) is 12.6. The maximum Gasteiger partial charge on any atom is 0.121 e. The predicted molar refractivity (Wildman–Crippen MR) is 197 cm³/mol. The Hall–Kier alpha value is -2.94. The lowest BCUT2D eigenvalue weighted by Gasteiger charge is -2.32. The summed E-state index contributed by atoms with van der Waals surface area (Å²) in [6.45, 7) is 14.3. The van der Waals surface area contributed by atoms with E-state index in [1.54, 1.807) is 0 Å². The van der Waals surface area contributed by atoms with Crippen molar-refractivity contribution in [2.45, 2.75) is 125 Å². The molecule has 0 heterocycles. The molecular formula is C45H60O3. The molecule has 258 valence electrons. The summed E-state index contributed by atoms with van der Waals surface area (Å²) in [5, 5.41) is 29.8. The molecule has 0 saturated heterocycles. The first-order valence-electron chi connectivity index (χ1n) is 19.3. The molecule has 0 aromatic heterocycles. The van der Waals surface area contributed by atoms with Crippen molar-refractivity contribution in [1.82, 2.24) is 0 Å². The van der Waals surface area contributed by atoms with Crippen LogP contribution in [0.3, 0.4) is 0 Å². The third-order valence-corrected chi connectivity index (χ3v) is 14.4. The molecule has 3 nitrogen and oxygen atoms in total. The number of phenolic OH excluding ortho intramolecular Hbond substituents is 3. The summed E-state index contributed by atoms with van der Waals surface area (Å²) in [7, 11) is 0. The van der Waals surface area contributed by atoms with Gasteiger partial charge in [0.05, 0.1) is 0 Å². The molecule has 9 rings (SSSR count). The molecule has 6 fully saturated rings. The first kappa shape index (κ1) is 33.6. The van der Waals surface area contributed by atoms with Gasteiger partial charge in [0.1, 0.15) is 17.2 Å². The summed E-state index contributed by atoms with van der Waals surface area (Å²) in [5.41, 5.74) is 10.6. The smallest absolute Gasteiger partial charge is 0.121 e. The number of hydrogen-bond acceptors (Lipinski definition) is 3. The Morgan fingerprint density at radius 1 is 0.417 bits per heavy atom. The second kappa shape index (κ2) is 13.1. The van der Waals surface area contributed by atoms with Gasteiger partial charge in [-0.05, 0) is 204 Å². The van der Waals surface area contributed by atoms with Gasteiger partial charge < -0.3 is 15.3 Å². The number of phenols is 3. The quantitative estimate of drug-likeness (QED) is 0.259. The minimum absolute atomic E-state index is 0.422. The zero-order valence-corrected chi connectivity index (χ0v) is 30.7. The third kappa shape index (κ3) is 5.96. The Bertz CT molecular complexity index is 1650. The van der Waals surface area contributed by atoms with Gasteiger partial charge in [0.2, 0.25) is 0 Å². The first-order chi connectivity index (χ1) is 22.9. The Morgan fingerprint density at radius 2 is 0.875 bits per heavy atom. The summed E-state index contributed by atoms with van der Waals surface area (Å²) < 4.78 is 0. The normalized spacial score (nSPS) is 33.6. The van der Waals surface area contributed by atoms with Crippen LogP contribution in [0.25, 0.3) is 0 Å². The molecule has 10 unspecified atom stereocenters. The van der Waals surface area contributed by atoms with Gasteiger partial charge in [-0.15, -0.1) is 0 Å². The monoisotopic (exact) mass is 648 g/mol. The van der Waals surface area contributed by atoms with Crippen molar-refractivity contribution in [2.24, 2.45) is 47.3 Å². The fraction of sp³-hybridized carbons (Fsp3) is 0.600. The maximum absolute atomic E-state index is 10.5. The molecule has 3 heteroatoms. The van der Waals surface area contributed by atoms with Crippen LogP contribution in [0, 0.1) is 95.8 Å². The molecule has 3 aromatic carbocycles. The zero-order valence-electron chi connectivity index (χ0n) is 30.7. The molecule has 6 aliphatic carbocycles. The van der Waals surface area contributed by atoms with E-state index in [-0.39, 0.29) is 0 Å². The average molecular weight is 649 g/mol. The van der Waals surface area contributed by atoms with Crippen molar-refractivity contribution in [3.8, 4) is 17.2 Å². The van der Waals surface area contributed by atoms with E-state index in [1.165, 1.54) is 92.0 Å². The molecule has 0 radical (unpaired) electrons. The van der Waals surface area contributed by atoms with E-state index in [0.717, 1.165) is 75.5 Å². The number of aromatic hydroxyl groups is 3. The highest BCUT2D eigenvalue weighted by Gasteiger charge is 2.55. The first-order valence-corrected chi connectivity index (χ1v) is 19.3. The van der Waals surface area contributed by atoms with Crippen LogP contribution in [0.2, 0.25) is 0 Å². The largest absolute Gasteiger partial charge is 0.508 e. The van der Waals surface area contributed by atoms with Crippen LogP contribution in [-0.2, 0) is 0 Å². The third-order valence-electron chi connectivity index (χ3n) is 14.4. The molecule has 3 aromatic rings. The van der Waals surface area contributed by atoms with Crippen LogP contribution in [0.1, 0.15) is 126 Å². The summed E-state index contributed by atoms with van der Waals surface area (Å²) >= 11 is 0. The van der Waals surface area contributed by atoms with Gasteiger partial charge in [0.25, 0.3) is 0 Å². The van der Waals surface area contributed by atoms with E-state index in [9.17, 15) is 15.3 Å². The van der Waals surface area contributed by atoms with Crippen molar-refractivity contribution in [2.75, 3.05) is 0 Å². The SMILES string of the molecule is Cc1cc(C)c(C2CC3CC2C2CCCC32)cc1O.Cc1cc(C)c(O)c(C)c1.Cc1cc(C)c(O)c(C2CC3CC2C2CCCC32)c1. The Morgan fingerprint density at radius 3 is 1.42 bits per heavy atom. The molecule has 0 amide bonds. The molecular weight excluding hydrogens is 588 g/mol. The number of aryl methyl sites for hydroxylation is 7. The second-order valence-corrected chi connectivity index (χ2v) is 17.3. The van der Waals surface area contributed by atoms with Crippen molar-refractivity contribution in [1.29, 1.82) is 0 Å². The predicted octanol–water partition coefficient (Wildman–Crippen LogP) is 11.4. The van der Waals surface area contributed by atoms with Gasteiger partial charge in [-0.3, -0.25) is 0 Å². The lowest BCUT2D eigenvalue weighted by atomic mass is 9.72. The Balaban J connectivity index is 0.000000120. The standard InChI is InChI=1S/2C18H24O.C9H12O/c1-10-6-11(2)18(19)9-15(10)17-8-12-7-16(17)14-5-3-4-13(12)14;1-10-6-11(2)18(19)17(7-10)16-9-12-8-15(16)14-5-3-4-13(12)14;1-6-4-7(2)9(10)8(3)5-6/h6,9,12-14,16-17,19H,3-5,7-8H2,1-2H3;6-7,12-16,19H,3-5,8-9H2,1-2H3;4-5,10H,1-3H3. The lowest BCUT2D eigenvalue weighted by molar-refractivity contribution is 0.230. The lowest BCUT2D eigenvalue weighted by Crippen LogP contribution is -2.23. The number of hydrogen-bond donors (Lipinski definition) is 3. The summed E-state index contributed by atoms with van der Waals surface area (Å²) in [4.78, 5) is 0. The summed E-state index contributed by atoms with van der Waals surface area (Å²) in [6, 6.07) is 12.5. The van der Waals surface area contributed by atoms with Crippen LogP contribution >= 0.6 is 0 Å². The molecule has 10 atom stereocenters. The Kier molecular flexibility index (Phi) is 9.14. The van der Waals surface area contributed by atoms with Crippen molar-refractivity contribution >= 4 is 0 Å². The van der Waals surface area contributed by atoms with E-state index >= 15 is 0 Å². The molecule has 4 bridgehead atoms. The van der Waals surface area contributed by atoms with E-state index in [4.69, 9.17) is 0 Å². The van der Waals surface area contributed by atoms with E-state index in [0.29, 0.717) is 23.2 Å². The van der Waals surface area contributed by atoms with E-state index < -0.39 is 0 Å². The van der Waals surface area contributed by atoms with Crippen molar-refractivity contribution in [3.63, 3.8) is 0 Å². The topological polar surface area (TPSA) is 60.7 Å². The van der Waals surface area contributed by atoms with Gasteiger partial charge in [-0.25, -0.2) is 0 Å². The van der Waals surface area contributed by atoms with Gasteiger partial charge >= 0.3 is 0 Å². The molecule has 0 spiro atoms. The highest BCUT2D eigenvalue weighted by Crippen LogP contribution is 2.65. The molecule has 48 heavy (non-hydrogen) atoms. The molecule has 3 N–H and O–H groups in total. The van der Waals surface area contributed by atoms with Gasteiger partial charge in [0.15, 0.2) is 0 Å². The number of benzene rings is 3. The summed E-state index contributed by atoms with van der Waals surface area (Å²) in [6.07, 6.45) is 14.4. The molecule has 6 aliphatic rings. The fourth-order valence-corrected chi connectivity index (χ4v) is 12.6. The van der Waals surface area contributed by atoms with Crippen LogP contribution in [-0.4, -0.2) is 15.3 Å². The Labute approximate surface area is 290 Å². The van der Waals surface area contributed by atoms with Gasteiger partial charge in [0, 0.05) is 0 Å². The van der Waals surface area contributed by atoms with Gasteiger partial charge in [-0.1, -0.05) is 54.3 Å².